The van der Waals surface area contributed by atoms with E-state index in [0.29, 0.717) is 0 Å². The summed E-state index contributed by atoms with van der Waals surface area (Å²) in [5.41, 5.74) is 1.88. The average molecular weight is 226 g/mol. The number of hydrogen-bond acceptors (Lipinski definition) is 6. The molecule has 1 heterocycles. The molecular formula is C8H10N4O4. The van der Waals surface area contributed by atoms with E-state index in [1.807, 2.05) is 5.43 Å². The average Bonchev–Trinajstić information content (AvgIpc) is 2.28. The summed E-state index contributed by atoms with van der Waals surface area (Å²) >= 11 is 0. The summed E-state index contributed by atoms with van der Waals surface area (Å²) in [6.45, 7) is 1.42. The van der Waals surface area contributed by atoms with Gasteiger partial charge in [-0.1, -0.05) is 0 Å². The number of hydrogen-bond donors (Lipinski definition) is 2. The fourth-order valence-electron chi connectivity index (χ4n) is 0.973. The zero-order valence-electron chi connectivity index (χ0n) is 8.41. The molecule has 16 heavy (non-hydrogen) atoms. The van der Waals surface area contributed by atoms with E-state index in [1.54, 1.807) is 0 Å². The molecule has 1 atom stereocenters. The van der Waals surface area contributed by atoms with E-state index in [4.69, 9.17) is 10.6 Å². The predicted octanol–water partition coefficient (Wildman–Crippen LogP) is -0.253. The highest BCUT2D eigenvalue weighted by atomic mass is 16.6. The Morgan fingerprint density at radius 1 is 1.75 bits per heavy atom. The third-order valence-corrected chi connectivity index (χ3v) is 1.74. The maximum absolute atomic E-state index is 11.0. The molecule has 0 aliphatic heterocycles. The smallest absolute Gasteiger partial charge is 0.406 e. The zero-order chi connectivity index (χ0) is 12.1. The number of carbonyl (C=O) groups is 1. The van der Waals surface area contributed by atoms with Gasteiger partial charge in [0.15, 0.2) is 6.10 Å². The molecule has 0 saturated carbocycles. The van der Waals surface area contributed by atoms with Crippen LogP contribution < -0.4 is 16.0 Å². The first-order valence-corrected chi connectivity index (χ1v) is 4.32. The van der Waals surface area contributed by atoms with Crippen LogP contribution in [0.1, 0.15) is 6.92 Å². The van der Waals surface area contributed by atoms with Crippen LogP contribution in [0.2, 0.25) is 0 Å². The van der Waals surface area contributed by atoms with Crippen LogP contribution >= 0.6 is 0 Å². The van der Waals surface area contributed by atoms with Crippen molar-refractivity contribution in [1.82, 2.24) is 10.4 Å². The largest absolute Gasteiger partial charge is 0.472 e. The summed E-state index contributed by atoms with van der Waals surface area (Å²) in [5, 5.41) is 10.6. The van der Waals surface area contributed by atoms with Gasteiger partial charge in [-0.3, -0.25) is 10.2 Å². The van der Waals surface area contributed by atoms with Gasteiger partial charge in [-0.25, -0.2) is 5.84 Å². The molecule has 1 rings (SSSR count). The molecular weight excluding hydrogens is 216 g/mol. The van der Waals surface area contributed by atoms with E-state index < -0.39 is 22.8 Å². The molecule has 0 radical (unpaired) electrons. The Morgan fingerprint density at radius 3 is 3.00 bits per heavy atom. The molecule has 0 saturated heterocycles. The molecule has 0 fully saturated rings. The molecule has 3 N–H and O–H groups in total. The molecule has 0 aromatic carbocycles. The lowest BCUT2D eigenvalue weighted by Gasteiger charge is -2.11. The molecule has 1 unspecified atom stereocenters. The molecule has 1 aromatic rings. The standard InChI is InChI=1S/C8H10N4O4/c1-5(8(13)11-9)16-6-3-2-4-10-7(6)12(14)15/h2-5H,9H2,1H3,(H,11,13). The van der Waals surface area contributed by atoms with E-state index in [2.05, 4.69) is 4.98 Å². The Labute approximate surface area is 90.5 Å². The van der Waals surface area contributed by atoms with Gasteiger partial charge in [-0.2, -0.15) is 0 Å². The normalized spacial score (nSPS) is 11.6. The Hall–Kier alpha value is -2.22. The third kappa shape index (κ3) is 2.64. The van der Waals surface area contributed by atoms with Gasteiger partial charge in [-0.15, -0.1) is 0 Å². The number of pyridine rings is 1. The molecule has 86 valence electrons. The minimum absolute atomic E-state index is 0.0800. The molecule has 1 amide bonds. The fraction of sp³-hybridized carbons (Fsp3) is 0.250. The van der Waals surface area contributed by atoms with Crippen molar-refractivity contribution in [3.8, 4) is 5.75 Å². The van der Waals surface area contributed by atoms with Crippen molar-refractivity contribution in [2.24, 2.45) is 5.84 Å². The Kier molecular flexibility index (Phi) is 3.72. The van der Waals surface area contributed by atoms with Crippen molar-refractivity contribution in [3.05, 3.63) is 28.4 Å². The SMILES string of the molecule is CC(Oc1cccnc1[N+](=O)[O-])C(=O)NN. The highest BCUT2D eigenvalue weighted by Crippen LogP contribution is 2.23. The third-order valence-electron chi connectivity index (χ3n) is 1.74. The minimum Gasteiger partial charge on any atom is -0.472 e. The molecule has 0 aliphatic carbocycles. The molecule has 1 aromatic heterocycles. The van der Waals surface area contributed by atoms with Crippen LogP contribution in [0.3, 0.4) is 0 Å². The van der Waals surface area contributed by atoms with E-state index in [0.717, 1.165) is 0 Å². The van der Waals surface area contributed by atoms with E-state index in [1.165, 1.54) is 25.3 Å². The van der Waals surface area contributed by atoms with Gasteiger partial charge >= 0.3 is 5.82 Å². The van der Waals surface area contributed by atoms with E-state index in [9.17, 15) is 14.9 Å². The number of amides is 1. The quantitative estimate of drug-likeness (QED) is 0.316. The second-order valence-electron chi connectivity index (χ2n) is 2.85. The lowest BCUT2D eigenvalue weighted by Crippen LogP contribution is -2.40. The minimum atomic E-state index is -0.937. The van der Waals surface area contributed by atoms with Crippen molar-refractivity contribution < 1.29 is 14.5 Å². The van der Waals surface area contributed by atoms with Crippen molar-refractivity contribution in [2.75, 3.05) is 0 Å². The van der Waals surface area contributed by atoms with Gasteiger partial charge in [0.05, 0.1) is 0 Å². The summed E-state index contributed by atoms with van der Waals surface area (Å²) in [6.07, 6.45) is 0.325. The van der Waals surface area contributed by atoms with Crippen LogP contribution in [-0.4, -0.2) is 21.9 Å². The zero-order valence-corrected chi connectivity index (χ0v) is 8.41. The van der Waals surface area contributed by atoms with Crippen LogP contribution in [0.25, 0.3) is 0 Å². The van der Waals surface area contributed by atoms with Gasteiger partial charge < -0.3 is 14.9 Å². The molecule has 0 bridgehead atoms. The predicted molar refractivity (Wildman–Crippen MR) is 53.3 cm³/mol. The van der Waals surface area contributed by atoms with Crippen molar-refractivity contribution in [3.63, 3.8) is 0 Å². The molecule has 8 nitrogen and oxygen atoms in total. The summed E-state index contributed by atoms with van der Waals surface area (Å²) in [6, 6.07) is 2.82. The number of nitro groups is 1. The second kappa shape index (κ2) is 5.03. The van der Waals surface area contributed by atoms with Gasteiger partial charge in [0.2, 0.25) is 5.75 Å². The van der Waals surface area contributed by atoms with Crippen LogP contribution in [0.4, 0.5) is 5.82 Å². The number of rotatable bonds is 4. The number of carbonyl (C=O) groups excluding carboxylic acids is 1. The number of nitrogens with zero attached hydrogens (tertiary/aromatic N) is 2. The summed E-state index contributed by atoms with van der Waals surface area (Å²) in [7, 11) is 0. The molecule has 0 spiro atoms. The second-order valence-corrected chi connectivity index (χ2v) is 2.85. The van der Waals surface area contributed by atoms with Gasteiger partial charge in [0.1, 0.15) is 6.20 Å². The van der Waals surface area contributed by atoms with Crippen LogP contribution in [0.5, 0.6) is 5.75 Å². The highest BCUT2D eigenvalue weighted by molar-refractivity contribution is 5.80. The summed E-state index contributed by atoms with van der Waals surface area (Å²) < 4.78 is 5.06. The van der Waals surface area contributed by atoms with Crippen molar-refractivity contribution in [2.45, 2.75) is 13.0 Å². The molecule has 0 aliphatic rings. The first kappa shape index (κ1) is 11.9. The number of aromatic nitrogens is 1. The first-order chi connectivity index (χ1) is 7.56. The first-order valence-electron chi connectivity index (χ1n) is 4.32. The van der Waals surface area contributed by atoms with Crippen LogP contribution in [-0.2, 0) is 4.79 Å². The fourth-order valence-corrected chi connectivity index (χ4v) is 0.973. The Bertz CT molecular complexity index is 409. The lowest BCUT2D eigenvalue weighted by molar-refractivity contribution is -0.390. The topological polar surface area (TPSA) is 120 Å². The van der Waals surface area contributed by atoms with Crippen molar-refractivity contribution in [1.29, 1.82) is 0 Å². The Balaban J connectivity index is 2.88. The number of hydrazine groups is 1. The van der Waals surface area contributed by atoms with Crippen LogP contribution in [0, 0.1) is 10.1 Å². The van der Waals surface area contributed by atoms with Gasteiger partial charge in [0.25, 0.3) is 5.91 Å². The Morgan fingerprint density at radius 2 is 2.44 bits per heavy atom. The number of nitrogens with two attached hydrogens (primary N) is 1. The lowest BCUT2D eigenvalue weighted by atomic mass is 10.3. The van der Waals surface area contributed by atoms with E-state index in [-0.39, 0.29) is 5.75 Å². The van der Waals surface area contributed by atoms with Gasteiger partial charge in [-0.05, 0) is 29.0 Å². The maximum atomic E-state index is 11.0. The highest BCUT2D eigenvalue weighted by Gasteiger charge is 2.20. The van der Waals surface area contributed by atoms with Gasteiger partial charge in [0, 0.05) is 0 Å². The summed E-state index contributed by atoms with van der Waals surface area (Å²) in [4.78, 5) is 24.5. The number of ether oxygens (including phenoxy) is 1. The number of nitrogens with one attached hydrogen (secondary N) is 1. The maximum Gasteiger partial charge on any atom is 0.406 e. The van der Waals surface area contributed by atoms with E-state index >= 15 is 0 Å². The molecule has 8 heteroatoms. The van der Waals surface area contributed by atoms with Crippen LogP contribution in [0.15, 0.2) is 18.3 Å². The monoisotopic (exact) mass is 226 g/mol. The van der Waals surface area contributed by atoms with Crippen molar-refractivity contribution >= 4 is 11.7 Å². The summed E-state index contributed by atoms with van der Waals surface area (Å²) in [5.74, 6) is 3.79.